The van der Waals surface area contributed by atoms with Gasteiger partial charge in [0.2, 0.25) is 11.8 Å². The van der Waals surface area contributed by atoms with Gasteiger partial charge in [-0.15, -0.1) is 0 Å². The van der Waals surface area contributed by atoms with Gasteiger partial charge in [0, 0.05) is 19.0 Å². The van der Waals surface area contributed by atoms with Crippen LogP contribution in [0.1, 0.15) is 30.4 Å². The van der Waals surface area contributed by atoms with Crippen molar-refractivity contribution in [1.29, 1.82) is 0 Å². The molecular formula is C25H27FN2O3. The van der Waals surface area contributed by atoms with Gasteiger partial charge in [0.15, 0.2) is 0 Å². The molecule has 2 aliphatic rings. The number of hydrogen-bond donors (Lipinski definition) is 2. The number of halogens is 1. The minimum atomic E-state index is -1.03. The highest BCUT2D eigenvalue weighted by Gasteiger charge is 2.46. The topological polar surface area (TPSA) is 69.6 Å². The molecule has 4 rings (SSSR count). The summed E-state index contributed by atoms with van der Waals surface area (Å²) in [5.74, 6) is -0.819. The Hall–Kier alpha value is -2.99. The molecule has 0 unspecified atom stereocenters. The number of likely N-dealkylation sites (tertiary alicyclic amines) is 1. The molecule has 1 fully saturated rings. The van der Waals surface area contributed by atoms with Gasteiger partial charge in [-0.1, -0.05) is 60.7 Å². The van der Waals surface area contributed by atoms with Crippen LogP contribution in [-0.2, 0) is 21.5 Å². The van der Waals surface area contributed by atoms with Gasteiger partial charge < -0.3 is 15.3 Å². The van der Waals surface area contributed by atoms with E-state index in [4.69, 9.17) is 0 Å². The van der Waals surface area contributed by atoms with Crippen molar-refractivity contribution in [3.8, 4) is 0 Å². The number of benzene rings is 2. The molecule has 0 spiro atoms. The van der Waals surface area contributed by atoms with E-state index in [2.05, 4.69) is 5.32 Å². The zero-order valence-corrected chi connectivity index (χ0v) is 17.3. The Morgan fingerprint density at radius 1 is 1.06 bits per heavy atom. The highest BCUT2D eigenvalue weighted by molar-refractivity contribution is 5.81. The van der Waals surface area contributed by atoms with Gasteiger partial charge in [-0.25, -0.2) is 4.39 Å². The summed E-state index contributed by atoms with van der Waals surface area (Å²) in [7, 11) is 0. The average molecular weight is 423 g/mol. The quantitative estimate of drug-likeness (QED) is 0.728. The van der Waals surface area contributed by atoms with E-state index in [-0.39, 0.29) is 30.7 Å². The number of aliphatic hydroxyl groups is 1. The zero-order chi connectivity index (χ0) is 21.8. The zero-order valence-electron chi connectivity index (χ0n) is 17.3. The maximum absolute atomic E-state index is 14.0. The Balaban J connectivity index is 1.54. The highest BCUT2D eigenvalue weighted by atomic mass is 19.1. The van der Waals surface area contributed by atoms with Gasteiger partial charge in [0.1, 0.15) is 5.82 Å². The molecule has 2 aromatic rings. The molecule has 162 valence electrons. The smallest absolute Gasteiger partial charge is 0.226 e. The molecule has 1 heterocycles. The van der Waals surface area contributed by atoms with E-state index in [1.54, 1.807) is 23.1 Å². The molecule has 1 aliphatic heterocycles. The molecule has 1 aliphatic carbocycles. The predicted molar refractivity (Wildman–Crippen MR) is 115 cm³/mol. The molecule has 6 heteroatoms. The summed E-state index contributed by atoms with van der Waals surface area (Å²) >= 11 is 0. The molecule has 2 aromatic carbocycles. The lowest BCUT2D eigenvalue weighted by molar-refractivity contribution is -0.142. The molecule has 5 nitrogen and oxygen atoms in total. The number of carbonyl (C=O) groups excluding carboxylic acids is 2. The molecule has 2 amide bonds. The minimum absolute atomic E-state index is 0.0448. The molecule has 1 saturated heterocycles. The van der Waals surface area contributed by atoms with Crippen LogP contribution in [0.3, 0.4) is 0 Å². The van der Waals surface area contributed by atoms with Crippen molar-refractivity contribution >= 4 is 11.8 Å². The van der Waals surface area contributed by atoms with Crippen LogP contribution < -0.4 is 5.32 Å². The van der Waals surface area contributed by atoms with E-state index in [1.807, 2.05) is 42.5 Å². The number of β-amino-alcohol motifs (C(OH)–C–C–N with tert-alkyl or cyclic N) is 1. The second-order valence-corrected chi connectivity index (χ2v) is 8.34. The van der Waals surface area contributed by atoms with E-state index in [9.17, 15) is 19.1 Å². The van der Waals surface area contributed by atoms with E-state index in [0.29, 0.717) is 18.5 Å². The monoisotopic (exact) mass is 422 g/mol. The van der Waals surface area contributed by atoms with Crippen LogP contribution in [0.15, 0.2) is 66.7 Å². The van der Waals surface area contributed by atoms with E-state index in [0.717, 1.165) is 18.4 Å². The fourth-order valence-electron chi connectivity index (χ4n) is 4.61. The van der Waals surface area contributed by atoms with Crippen LogP contribution in [0.5, 0.6) is 0 Å². The number of hydrogen-bond acceptors (Lipinski definition) is 3. The summed E-state index contributed by atoms with van der Waals surface area (Å²) in [4.78, 5) is 27.4. The maximum Gasteiger partial charge on any atom is 0.226 e. The molecule has 0 bridgehead atoms. The Kier molecular flexibility index (Phi) is 6.18. The van der Waals surface area contributed by atoms with E-state index < -0.39 is 17.5 Å². The van der Waals surface area contributed by atoms with Crippen LogP contribution in [0, 0.1) is 11.7 Å². The van der Waals surface area contributed by atoms with Gasteiger partial charge in [-0.05, 0) is 36.5 Å². The van der Waals surface area contributed by atoms with Gasteiger partial charge >= 0.3 is 0 Å². The Labute approximate surface area is 181 Å². The summed E-state index contributed by atoms with van der Waals surface area (Å²) in [6.45, 7) is 0.575. The fourth-order valence-corrected chi connectivity index (χ4v) is 4.61. The number of aliphatic hydroxyl groups excluding tert-OH is 1. The third-order valence-corrected chi connectivity index (χ3v) is 6.37. The summed E-state index contributed by atoms with van der Waals surface area (Å²) in [5, 5.41) is 14.2. The predicted octanol–water partition coefficient (Wildman–Crippen LogP) is 2.94. The van der Waals surface area contributed by atoms with Gasteiger partial charge in [0.25, 0.3) is 0 Å². The van der Waals surface area contributed by atoms with Crippen LogP contribution in [0.2, 0.25) is 0 Å². The number of carbonyl (C=O) groups is 2. The molecular weight excluding hydrogens is 395 g/mol. The normalized spacial score (nSPS) is 23.7. The molecule has 0 aromatic heterocycles. The number of nitrogens with zero attached hydrogens (tertiary/aromatic N) is 1. The lowest BCUT2D eigenvalue weighted by Gasteiger charge is -2.47. The summed E-state index contributed by atoms with van der Waals surface area (Å²) < 4.78 is 14.0. The second-order valence-electron chi connectivity index (χ2n) is 8.34. The number of rotatable bonds is 5. The number of piperidine rings is 1. The Bertz CT molecular complexity index is 970. The number of allylic oxidation sites excluding steroid dienone is 2. The number of amides is 2. The van der Waals surface area contributed by atoms with Crippen LogP contribution >= 0.6 is 0 Å². The third kappa shape index (κ3) is 4.39. The molecule has 2 atom stereocenters. The third-order valence-electron chi connectivity index (χ3n) is 6.37. The molecule has 31 heavy (non-hydrogen) atoms. The first-order chi connectivity index (χ1) is 15.0. The van der Waals surface area contributed by atoms with Crippen molar-refractivity contribution in [2.45, 2.75) is 37.3 Å². The maximum atomic E-state index is 14.0. The highest BCUT2D eigenvalue weighted by Crippen LogP contribution is 2.35. The van der Waals surface area contributed by atoms with Gasteiger partial charge in [0.05, 0.1) is 18.1 Å². The van der Waals surface area contributed by atoms with Crippen LogP contribution in [-0.4, -0.2) is 41.0 Å². The SMILES string of the molecule is O=C(Cc1ccccc1F)N[C@@]1(c2ccccc2)CCN(C(=O)C2CC=CC2)C[C@H]1O. The number of nitrogens with one attached hydrogen (secondary N) is 1. The summed E-state index contributed by atoms with van der Waals surface area (Å²) in [6, 6.07) is 15.5. The van der Waals surface area contributed by atoms with Crippen LogP contribution in [0.25, 0.3) is 0 Å². The van der Waals surface area contributed by atoms with Gasteiger partial charge in [-0.3, -0.25) is 9.59 Å². The van der Waals surface area contributed by atoms with Crippen molar-refractivity contribution < 1.29 is 19.1 Å². The van der Waals surface area contributed by atoms with Crippen molar-refractivity contribution in [3.05, 3.63) is 83.7 Å². The summed E-state index contributed by atoms with van der Waals surface area (Å²) in [6.07, 6.45) is 4.77. The van der Waals surface area contributed by atoms with E-state index in [1.165, 1.54) is 6.07 Å². The first-order valence-corrected chi connectivity index (χ1v) is 10.7. The second kappa shape index (κ2) is 9.02. The fraction of sp³-hybridized carbons (Fsp3) is 0.360. The first kappa shape index (κ1) is 21.2. The standard InChI is InChI=1S/C25H27FN2O3/c26-21-13-7-6-10-19(21)16-23(30)27-25(20-11-2-1-3-12-20)14-15-28(17-22(25)29)24(31)18-8-4-5-9-18/h1-7,10-13,18,22,29H,8-9,14-17H2,(H,27,30)/t22-,25-/m1/s1. The van der Waals surface area contributed by atoms with Crippen LogP contribution in [0.4, 0.5) is 4.39 Å². The van der Waals surface area contributed by atoms with Gasteiger partial charge in [-0.2, -0.15) is 0 Å². The Morgan fingerprint density at radius 3 is 2.42 bits per heavy atom. The van der Waals surface area contributed by atoms with Crippen molar-refractivity contribution in [2.75, 3.05) is 13.1 Å². The van der Waals surface area contributed by atoms with Crippen molar-refractivity contribution in [1.82, 2.24) is 10.2 Å². The Morgan fingerprint density at radius 2 is 1.74 bits per heavy atom. The lowest BCUT2D eigenvalue weighted by atomic mass is 9.78. The summed E-state index contributed by atoms with van der Waals surface area (Å²) in [5.41, 5.74) is 0.0481. The lowest BCUT2D eigenvalue weighted by Crippen LogP contribution is -2.63. The van der Waals surface area contributed by atoms with Crippen molar-refractivity contribution in [3.63, 3.8) is 0 Å². The van der Waals surface area contributed by atoms with E-state index >= 15 is 0 Å². The van der Waals surface area contributed by atoms with Crippen molar-refractivity contribution in [2.24, 2.45) is 5.92 Å². The molecule has 0 saturated carbocycles. The largest absolute Gasteiger partial charge is 0.388 e. The molecule has 2 N–H and O–H groups in total. The molecule has 0 radical (unpaired) electrons. The average Bonchev–Trinajstić information content (AvgIpc) is 3.32. The minimum Gasteiger partial charge on any atom is -0.388 e. The first-order valence-electron chi connectivity index (χ1n) is 10.7.